The van der Waals surface area contributed by atoms with Gasteiger partial charge in [-0.25, -0.2) is 4.79 Å². The fourth-order valence-electron chi connectivity index (χ4n) is 1.08. The quantitative estimate of drug-likeness (QED) is 0.736. The average molecular weight is 198 g/mol. The maximum Gasteiger partial charge on any atom is 0.332 e. The van der Waals surface area contributed by atoms with Crippen molar-refractivity contribution in [1.29, 1.82) is 0 Å². The van der Waals surface area contributed by atoms with Crippen LogP contribution in [0, 0.1) is 0 Å². The van der Waals surface area contributed by atoms with Crippen LogP contribution in [0.5, 0.6) is 0 Å². The summed E-state index contributed by atoms with van der Waals surface area (Å²) >= 11 is 0. The lowest BCUT2D eigenvalue weighted by molar-refractivity contribution is -0.146. The van der Waals surface area contributed by atoms with Crippen LogP contribution in [0.2, 0.25) is 0 Å². The molecule has 0 saturated heterocycles. The number of hydrogen-bond acceptors (Lipinski definition) is 3. The van der Waals surface area contributed by atoms with Gasteiger partial charge in [-0.1, -0.05) is 0 Å². The summed E-state index contributed by atoms with van der Waals surface area (Å²) in [5.41, 5.74) is 0.730. The van der Waals surface area contributed by atoms with Crippen molar-refractivity contribution in [3.05, 3.63) is 18.0 Å². The number of aliphatic carboxylic acids is 1. The zero-order valence-corrected chi connectivity index (χ0v) is 8.21. The maximum atomic E-state index is 10.4. The predicted octanol–water partition coefficient (Wildman–Crippen LogP) is 0.452. The summed E-state index contributed by atoms with van der Waals surface area (Å²) in [6.45, 7) is 3.95. The fourth-order valence-corrected chi connectivity index (χ4v) is 1.08. The summed E-state index contributed by atoms with van der Waals surface area (Å²) in [4.78, 5) is 10.4. The summed E-state index contributed by atoms with van der Waals surface area (Å²) < 4.78 is 1.73. The van der Waals surface area contributed by atoms with Gasteiger partial charge in [0.15, 0.2) is 6.10 Å². The minimum atomic E-state index is -1.35. The molecule has 0 amide bonds. The largest absolute Gasteiger partial charge is 0.479 e. The Hall–Kier alpha value is -1.36. The van der Waals surface area contributed by atoms with Gasteiger partial charge in [0.2, 0.25) is 0 Å². The Morgan fingerprint density at radius 2 is 2.29 bits per heavy atom. The molecular weight excluding hydrogens is 184 g/mol. The molecule has 0 aromatic carbocycles. The van der Waals surface area contributed by atoms with E-state index in [0.29, 0.717) is 0 Å². The molecule has 2 N–H and O–H groups in total. The van der Waals surface area contributed by atoms with Crippen molar-refractivity contribution in [2.75, 3.05) is 0 Å². The monoisotopic (exact) mass is 198 g/mol. The summed E-state index contributed by atoms with van der Waals surface area (Å²) in [6, 6.07) is 0.241. The second-order valence-electron chi connectivity index (χ2n) is 3.48. The lowest BCUT2D eigenvalue weighted by Gasteiger charge is -2.04. The Bertz CT molecular complexity index is 320. The molecule has 0 aliphatic rings. The molecule has 0 bridgehead atoms. The van der Waals surface area contributed by atoms with Crippen LogP contribution in [-0.4, -0.2) is 32.1 Å². The summed E-state index contributed by atoms with van der Waals surface area (Å²) in [5.74, 6) is -1.21. The first-order chi connectivity index (χ1) is 6.50. The van der Waals surface area contributed by atoms with E-state index in [1.165, 1.54) is 0 Å². The zero-order valence-electron chi connectivity index (χ0n) is 8.21. The van der Waals surface area contributed by atoms with Crippen molar-refractivity contribution in [2.45, 2.75) is 32.4 Å². The van der Waals surface area contributed by atoms with Gasteiger partial charge in [-0.15, -0.1) is 0 Å². The van der Waals surface area contributed by atoms with E-state index in [1.54, 1.807) is 17.1 Å². The highest BCUT2D eigenvalue weighted by Gasteiger charge is 2.14. The van der Waals surface area contributed by atoms with E-state index >= 15 is 0 Å². The molecule has 5 heteroatoms. The number of rotatable bonds is 4. The molecule has 1 atom stereocenters. The summed E-state index contributed by atoms with van der Waals surface area (Å²) in [6.07, 6.45) is 2.07. The van der Waals surface area contributed by atoms with Crippen LogP contribution in [0.3, 0.4) is 0 Å². The molecule has 1 rings (SSSR count). The van der Waals surface area contributed by atoms with Gasteiger partial charge in [0.1, 0.15) is 0 Å². The third kappa shape index (κ3) is 2.56. The van der Waals surface area contributed by atoms with Crippen LogP contribution in [-0.2, 0) is 11.2 Å². The van der Waals surface area contributed by atoms with Gasteiger partial charge in [0, 0.05) is 18.7 Å². The van der Waals surface area contributed by atoms with E-state index in [1.807, 2.05) is 13.8 Å². The van der Waals surface area contributed by atoms with Crippen molar-refractivity contribution in [3.63, 3.8) is 0 Å². The van der Waals surface area contributed by atoms with Crippen LogP contribution in [0.25, 0.3) is 0 Å². The average Bonchev–Trinajstić information content (AvgIpc) is 2.52. The minimum Gasteiger partial charge on any atom is -0.479 e. The number of carbonyl (C=O) groups is 1. The zero-order chi connectivity index (χ0) is 10.7. The van der Waals surface area contributed by atoms with Gasteiger partial charge < -0.3 is 10.2 Å². The van der Waals surface area contributed by atoms with E-state index in [4.69, 9.17) is 10.2 Å². The van der Waals surface area contributed by atoms with Crippen molar-refractivity contribution in [1.82, 2.24) is 9.78 Å². The second-order valence-corrected chi connectivity index (χ2v) is 3.48. The molecule has 14 heavy (non-hydrogen) atoms. The molecule has 0 saturated carbocycles. The molecule has 0 radical (unpaired) electrons. The van der Waals surface area contributed by atoms with Gasteiger partial charge in [-0.2, -0.15) is 5.10 Å². The normalized spacial score (nSPS) is 13.1. The lowest BCUT2D eigenvalue weighted by atomic mass is 10.1. The Balaban J connectivity index is 2.64. The van der Waals surface area contributed by atoms with Crippen LogP contribution < -0.4 is 0 Å². The first-order valence-electron chi connectivity index (χ1n) is 4.44. The van der Waals surface area contributed by atoms with Crippen LogP contribution >= 0.6 is 0 Å². The van der Waals surface area contributed by atoms with Crippen molar-refractivity contribution in [3.8, 4) is 0 Å². The molecule has 1 heterocycles. The van der Waals surface area contributed by atoms with Crippen LogP contribution in [0.15, 0.2) is 12.4 Å². The van der Waals surface area contributed by atoms with Gasteiger partial charge in [-0.3, -0.25) is 4.68 Å². The molecule has 1 aromatic rings. The third-order valence-corrected chi connectivity index (χ3v) is 1.90. The summed E-state index contributed by atoms with van der Waals surface area (Å²) in [7, 11) is 0. The number of nitrogens with zero attached hydrogens (tertiary/aromatic N) is 2. The number of aliphatic hydroxyl groups excluding tert-OH is 1. The first kappa shape index (κ1) is 10.7. The third-order valence-electron chi connectivity index (χ3n) is 1.90. The number of aromatic nitrogens is 2. The second kappa shape index (κ2) is 4.23. The van der Waals surface area contributed by atoms with E-state index in [-0.39, 0.29) is 12.5 Å². The number of carboxylic acids is 1. The highest BCUT2D eigenvalue weighted by Crippen LogP contribution is 2.07. The molecule has 1 unspecified atom stereocenters. The SMILES string of the molecule is CC(C)n1cc(CC(O)C(=O)O)cn1. The van der Waals surface area contributed by atoms with Crippen LogP contribution in [0.4, 0.5) is 0 Å². The molecule has 0 aliphatic heterocycles. The number of aliphatic hydroxyl groups is 1. The van der Waals surface area contributed by atoms with E-state index < -0.39 is 12.1 Å². The highest BCUT2D eigenvalue weighted by molar-refractivity contribution is 5.72. The minimum absolute atomic E-state index is 0.0993. The van der Waals surface area contributed by atoms with Gasteiger partial charge >= 0.3 is 5.97 Å². The lowest BCUT2D eigenvalue weighted by Crippen LogP contribution is -2.21. The standard InChI is InChI=1S/C9H14N2O3/c1-6(2)11-5-7(4-10-11)3-8(12)9(13)14/h4-6,8,12H,3H2,1-2H3,(H,13,14). The van der Waals surface area contributed by atoms with Gasteiger partial charge in [0.05, 0.1) is 6.20 Å². The van der Waals surface area contributed by atoms with Crippen molar-refractivity contribution in [2.24, 2.45) is 0 Å². The smallest absolute Gasteiger partial charge is 0.332 e. The molecule has 1 aromatic heterocycles. The predicted molar refractivity (Wildman–Crippen MR) is 50.0 cm³/mol. The Kier molecular flexibility index (Phi) is 3.24. The molecular formula is C9H14N2O3. The van der Waals surface area contributed by atoms with Crippen molar-refractivity contribution >= 4 is 5.97 Å². The Morgan fingerprint density at radius 3 is 2.71 bits per heavy atom. The van der Waals surface area contributed by atoms with E-state index in [9.17, 15) is 4.79 Å². The van der Waals surface area contributed by atoms with Crippen LogP contribution in [0.1, 0.15) is 25.5 Å². The topological polar surface area (TPSA) is 75.4 Å². The Labute approximate surface area is 82.0 Å². The maximum absolute atomic E-state index is 10.4. The van der Waals surface area contributed by atoms with E-state index in [2.05, 4.69) is 5.10 Å². The van der Waals surface area contributed by atoms with Crippen molar-refractivity contribution < 1.29 is 15.0 Å². The van der Waals surface area contributed by atoms with E-state index in [0.717, 1.165) is 5.56 Å². The molecule has 78 valence electrons. The molecule has 0 aliphatic carbocycles. The molecule has 5 nitrogen and oxygen atoms in total. The van der Waals surface area contributed by atoms with Gasteiger partial charge in [0.25, 0.3) is 0 Å². The highest BCUT2D eigenvalue weighted by atomic mass is 16.4. The number of hydrogen-bond donors (Lipinski definition) is 2. The molecule has 0 fully saturated rings. The fraction of sp³-hybridized carbons (Fsp3) is 0.556. The summed E-state index contributed by atoms with van der Waals surface area (Å²) in [5, 5.41) is 21.6. The first-order valence-corrected chi connectivity index (χ1v) is 4.44. The van der Waals surface area contributed by atoms with Gasteiger partial charge in [-0.05, 0) is 19.4 Å². The molecule has 0 spiro atoms. The number of carboxylic acid groups (broad SMARTS) is 1. The Morgan fingerprint density at radius 1 is 1.64 bits per heavy atom.